The minimum Gasteiger partial charge on any atom is -0.467 e. The highest BCUT2D eigenvalue weighted by Gasteiger charge is 2.24. The average Bonchev–Trinajstić information content (AvgIpc) is 2.54. The number of carbonyl (C=O) groups is 2. The summed E-state index contributed by atoms with van der Waals surface area (Å²) < 4.78 is 31.1. The first-order valence-electron chi connectivity index (χ1n) is 6.99. The third-order valence-electron chi connectivity index (χ3n) is 3.30. The Balaban J connectivity index is 2.21. The molecule has 0 saturated heterocycles. The second-order valence-corrected chi connectivity index (χ2v) is 5.41. The fourth-order valence-electron chi connectivity index (χ4n) is 2.15. The topological polar surface area (TPSA) is 55.4 Å². The lowest BCUT2D eigenvalue weighted by atomic mass is 10.1. The van der Waals surface area contributed by atoms with Gasteiger partial charge >= 0.3 is 5.97 Å². The number of esters is 1. The second-order valence-electron chi connectivity index (χ2n) is 5.00. The highest BCUT2D eigenvalue weighted by molar-refractivity contribution is 6.31. The van der Waals surface area contributed by atoms with Crippen LogP contribution < -0.4 is 5.32 Å². The average molecular weight is 354 g/mol. The van der Waals surface area contributed by atoms with Crippen LogP contribution in [0.5, 0.6) is 0 Å². The zero-order chi connectivity index (χ0) is 17.7. The maximum atomic E-state index is 13.2. The van der Waals surface area contributed by atoms with Crippen LogP contribution in [0.25, 0.3) is 0 Å². The standard InChI is InChI=1S/C17H14ClF2NO3/c1-24-17(23)15(8-10-4-2-3-5-14(10)18)21-16(22)11-6-12(19)9-13(20)7-11/h2-7,9,15H,8H2,1H3,(H,21,22)/t15-/m0/s1. The molecule has 0 bridgehead atoms. The summed E-state index contributed by atoms with van der Waals surface area (Å²) in [5.74, 6) is -3.27. The van der Waals surface area contributed by atoms with Crippen LogP contribution in [0.2, 0.25) is 5.02 Å². The van der Waals surface area contributed by atoms with Crippen LogP contribution in [0.15, 0.2) is 42.5 Å². The molecule has 24 heavy (non-hydrogen) atoms. The molecule has 1 amide bonds. The van der Waals surface area contributed by atoms with Crippen LogP contribution in [0.3, 0.4) is 0 Å². The predicted octanol–water partition coefficient (Wildman–Crippen LogP) is 3.13. The van der Waals surface area contributed by atoms with Crippen LogP contribution >= 0.6 is 11.6 Å². The molecule has 1 N–H and O–H groups in total. The van der Waals surface area contributed by atoms with E-state index < -0.39 is 29.6 Å². The Hall–Kier alpha value is -2.47. The van der Waals surface area contributed by atoms with E-state index >= 15 is 0 Å². The number of carbonyl (C=O) groups excluding carboxylic acids is 2. The summed E-state index contributed by atoms with van der Waals surface area (Å²) in [4.78, 5) is 24.1. The van der Waals surface area contributed by atoms with Crippen molar-refractivity contribution in [3.05, 3.63) is 70.2 Å². The van der Waals surface area contributed by atoms with Gasteiger partial charge in [-0.25, -0.2) is 13.6 Å². The van der Waals surface area contributed by atoms with E-state index in [-0.39, 0.29) is 12.0 Å². The molecule has 0 aliphatic carbocycles. The summed E-state index contributed by atoms with van der Waals surface area (Å²) in [7, 11) is 1.18. The molecule has 0 unspecified atom stereocenters. The molecular weight excluding hydrogens is 340 g/mol. The van der Waals surface area contributed by atoms with Gasteiger partial charge in [0.15, 0.2) is 0 Å². The maximum Gasteiger partial charge on any atom is 0.328 e. The minimum atomic E-state index is -1.05. The van der Waals surface area contributed by atoms with Gasteiger partial charge in [0.05, 0.1) is 7.11 Å². The largest absolute Gasteiger partial charge is 0.467 e. The molecule has 0 saturated carbocycles. The van der Waals surface area contributed by atoms with Gasteiger partial charge in [-0.05, 0) is 23.8 Å². The molecule has 0 spiro atoms. The Morgan fingerprint density at radius 2 is 1.79 bits per heavy atom. The van der Waals surface area contributed by atoms with Gasteiger partial charge in [-0.2, -0.15) is 0 Å². The molecular formula is C17H14ClF2NO3. The highest BCUT2D eigenvalue weighted by atomic mass is 35.5. The van der Waals surface area contributed by atoms with Crippen molar-refractivity contribution in [2.75, 3.05) is 7.11 Å². The molecule has 0 radical (unpaired) electrons. The van der Waals surface area contributed by atoms with Crippen LogP contribution in [0, 0.1) is 11.6 Å². The predicted molar refractivity (Wildman–Crippen MR) is 84.8 cm³/mol. The second kappa shape index (κ2) is 7.88. The summed E-state index contributed by atoms with van der Waals surface area (Å²) in [6.45, 7) is 0. The lowest BCUT2D eigenvalue weighted by Gasteiger charge is -2.17. The third-order valence-corrected chi connectivity index (χ3v) is 3.67. The van der Waals surface area contributed by atoms with Crippen LogP contribution in [-0.2, 0) is 16.0 Å². The van der Waals surface area contributed by atoms with Crippen molar-refractivity contribution >= 4 is 23.5 Å². The zero-order valence-electron chi connectivity index (χ0n) is 12.7. The number of methoxy groups -OCH3 is 1. The van der Waals surface area contributed by atoms with Crippen molar-refractivity contribution in [2.45, 2.75) is 12.5 Å². The number of ether oxygens (including phenoxy) is 1. The smallest absolute Gasteiger partial charge is 0.328 e. The van der Waals surface area contributed by atoms with Crippen molar-refractivity contribution in [2.24, 2.45) is 0 Å². The SMILES string of the molecule is COC(=O)[C@H](Cc1ccccc1Cl)NC(=O)c1cc(F)cc(F)c1. The Kier molecular flexibility index (Phi) is 5.87. The van der Waals surface area contributed by atoms with E-state index in [1.165, 1.54) is 7.11 Å². The molecule has 126 valence electrons. The first-order chi connectivity index (χ1) is 11.4. The van der Waals surface area contributed by atoms with E-state index in [1.54, 1.807) is 24.3 Å². The summed E-state index contributed by atoms with van der Waals surface area (Å²) in [6.07, 6.45) is 0.0793. The number of nitrogens with one attached hydrogen (secondary N) is 1. The number of amides is 1. The number of hydrogen-bond acceptors (Lipinski definition) is 3. The van der Waals surface area contributed by atoms with Crippen molar-refractivity contribution in [1.29, 1.82) is 0 Å². The van der Waals surface area contributed by atoms with Crippen LogP contribution in [0.1, 0.15) is 15.9 Å². The molecule has 2 aromatic carbocycles. The highest BCUT2D eigenvalue weighted by Crippen LogP contribution is 2.17. The first-order valence-corrected chi connectivity index (χ1v) is 7.36. The summed E-state index contributed by atoms with van der Waals surface area (Å²) in [6, 6.07) is 8.17. The minimum absolute atomic E-state index is 0.0793. The molecule has 0 fully saturated rings. The van der Waals surface area contributed by atoms with Gasteiger partial charge in [-0.1, -0.05) is 29.8 Å². The monoisotopic (exact) mass is 353 g/mol. The van der Waals surface area contributed by atoms with Crippen LogP contribution in [0.4, 0.5) is 8.78 Å². The van der Waals surface area contributed by atoms with Crippen LogP contribution in [-0.4, -0.2) is 25.0 Å². The van der Waals surface area contributed by atoms with Gasteiger partial charge in [0, 0.05) is 23.1 Å². The van der Waals surface area contributed by atoms with Gasteiger partial charge in [0.25, 0.3) is 5.91 Å². The number of hydrogen-bond donors (Lipinski definition) is 1. The zero-order valence-corrected chi connectivity index (χ0v) is 13.4. The van der Waals surface area contributed by atoms with Crippen molar-refractivity contribution < 1.29 is 23.1 Å². The van der Waals surface area contributed by atoms with E-state index in [0.29, 0.717) is 16.7 Å². The molecule has 0 aromatic heterocycles. The van der Waals surface area contributed by atoms with E-state index in [4.69, 9.17) is 11.6 Å². The molecule has 1 atom stereocenters. The molecule has 2 rings (SSSR count). The van der Waals surface area contributed by atoms with Gasteiger partial charge in [-0.15, -0.1) is 0 Å². The van der Waals surface area contributed by atoms with E-state index in [9.17, 15) is 18.4 Å². The van der Waals surface area contributed by atoms with Gasteiger partial charge in [0.1, 0.15) is 17.7 Å². The summed E-state index contributed by atoms with van der Waals surface area (Å²) >= 11 is 6.05. The fraction of sp³-hybridized carbons (Fsp3) is 0.176. The van der Waals surface area contributed by atoms with Crippen molar-refractivity contribution in [3.63, 3.8) is 0 Å². The lowest BCUT2D eigenvalue weighted by Crippen LogP contribution is -2.43. The van der Waals surface area contributed by atoms with Crippen molar-refractivity contribution in [1.82, 2.24) is 5.32 Å². The fourth-order valence-corrected chi connectivity index (χ4v) is 2.36. The summed E-state index contributed by atoms with van der Waals surface area (Å²) in [5, 5.41) is 2.84. The quantitative estimate of drug-likeness (QED) is 0.840. The molecule has 2 aromatic rings. The normalized spacial score (nSPS) is 11.7. The molecule has 0 aliphatic rings. The van der Waals surface area contributed by atoms with Crippen molar-refractivity contribution in [3.8, 4) is 0 Å². The van der Waals surface area contributed by atoms with E-state index in [1.807, 2.05) is 0 Å². The Labute approximate surface area is 142 Å². The number of rotatable bonds is 5. The number of benzene rings is 2. The van der Waals surface area contributed by atoms with Gasteiger partial charge in [0.2, 0.25) is 0 Å². The number of halogens is 3. The van der Waals surface area contributed by atoms with E-state index in [2.05, 4.69) is 10.1 Å². The Morgan fingerprint density at radius 3 is 2.38 bits per heavy atom. The Morgan fingerprint density at radius 1 is 1.17 bits per heavy atom. The van der Waals surface area contributed by atoms with E-state index in [0.717, 1.165) is 12.1 Å². The maximum absolute atomic E-state index is 13.2. The molecule has 0 aliphatic heterocycles. The van der Waals surface area contributed by atoms with Gasteiger partial charge < -0.3 is 10.1 Å². The Bertz CT molecular complexity index is 747. The lowest BCUT2D eigenvalue weighted by molar-refractivity contribution is -0.142. The van der Waals surface area contributed by atoms with Gasteiger partial charge in [-0.3, -0.25) is 4.79 Å². The molecule has 7 heteroatoms. The first kappa shape index (κ1) is 17.9. The third kappa shape index (κ3) is 4.52. The molecule has 0 heterocycles. The summed E-state index contributed by atoms with van der Waals surface area (Å²) in [5.41, 5.74) is 0.390. The molecule has 4 nitrogen and oxygen atoms in total.